The van der Waals surface area contributed by atoms with Gasteiger partial charge in [0.15, 0.2) is 17.3 Å². The summed E-state index contributed by atoms with van der Waals surface area (Å²) in [6.07, 6.45) is 1.45. The number of nitrogens with one attached hydrogen (secondary N) is 1. The SMILES string of the molecule is CC[C@@H](C)OC(=O)C1=C(C)NC2=C(C(=O)C[C@H](c3ccccc3)C2)[C@H]1c1cc2c(cc1Cl)OCO2. The Morgan fingerprint density at radius 1 is 1.17 bits per heavy atom. The summed E-state index contributed by atoms with van der Waals surface area (Å²) < 4.78 is 16.8. The highest BCUT2D eigenvalue weighted by Gasteiger charge is 2.43. The molecule has 3 atom stereocenters. The zero-order valence-electron chi connectivity index (χ0n) is 20.0. The van der Waals surface area contributed by atoms with Crippen LogP contribution in [0.5, 0.6) is 11.5 Å². The lowest BCUT2D eigenvalue weighted by molar-refractivity contribution is -0.144. The van der Waals surface area contributed by atoms with E-state index in [1.165, 1.54) is 0 Å². The van der Waals surface area contributed by atoms with Crippen LogP contribution in [0.1, 0.15) is 63.0 Å². The first kappa shape index (κ1) is 23.5. The molecule has 0 amide bonds. The third-order valence-corrected chi connectivity index (χ3v) is 7.33. The minimum Gasteiger partial charge on any atom is -0.459 e. The molecule has 0 saturated heterocycles. The molecule has 2 aromatic carbocycles. The third-order valence-electron chi connectivity index (χ3n) is 7.00. The van der Waals surface area contributed by atoms with Gasteiger partial charge in [0.25, 0.3) is 0 Å². The van der Waals surface area contributed by atoms with Gasteiger partial charge >= 0.3 is 5.97 Å². The van der Waals surface area contributed by atoms with Crippen molar-refractivity contribution in [2.24, 2.45) is 0 Å². The number of hydrogen-bond acceptors (Lipinski definition) is 6. The standard InChI is InChI=1S/C28H28ClNO5/c1-4-15(2)35-28(32)25-16(3)30-21-10-18(17-8-6-5-7-9-17)11-22(31)27(21)26(25)19-12-23-24(13-20(19)29)34-14-33-23/h5-9,12-13,15,18,26,30H,4,10-11,14H2,1-3H3/t15-,18-,26+/m1/s1. The molecule has 0 radical (unpaired) electrons. The first-order chi connectivity index (χ1) is 16.9. The number of Topliss-reactive ketones (excluding diaryl/α,β-unsaturated/α-hetero) is 1. The fourth-order valence-electron chi connectivity index (χ4n) is 5.07. The van der Waals surface area contributed by atoms with Gasteiger partial charge in [0.2, 0.25) is 6.79 Å². The van der Waals surface area contributed by atoms with Crippen LogP contribution in [0.15, 0.2) is 65.0 Å². The Hall–Kier alpha value is -3.25. The molecule has 35 heavy (non-hydrogen) atoms. The van der Waals surface area contributed by atoms with Crippen molar-refractivity contribution in [2.45, 2.75) is 58.0 Å². The molecule has 3 aliphatic rings. The van der Waals surface area contributed by atoms with E-state index >= 15 is 0 Å². The molecular formula is C28H28ClNO5. The Morgan fingerprint density at radius 2 is 1.89 bits per heavy atom. The maximum Gasteiger partial charge on any atom is 0.337 e. The van der Waals surface area contributed by atoms with E-state index in [-0.39, 0.29) is 24.6 Å². The Kier molecular flexibility index (Phi) is 6.32. The Morgan fingerprint density at radius 3 is 2.60 bits per heavy atom. The summed E-state index contributed by atoms with van der Waals surface area (Å²) in [5, 5.41) is 3.79. The number of fused-ring (bicyclic) bond motifs is 1. The van der Waals surface area contributed by atoms with Gasteiger partial charge in [-0.05, 0) is 49.8 Å². The smallest absolute Gasteiger partial charge is 0.337 e. The molecule has 6 nitrogen and oxygen atoms in total. The zero-order valence-corrected chi connectivity index (χ0v) is 20.8. The van der Waals surface area contributed by atoms with Crippen molar-refractivity contribution in [3.8, 4) is 11.5 Å². The number of carbonyl (C=O) groups excluding carboxylic acids is 2. The maximum atomic E-state index is 13.7. The van der Waals surface area contributed by atoms with Crippen LogP contribution in [0.2, 0.25) is 5.02 Å². The van der Waals surface area contributed by atoms with Crippen molar-refractivity contribution in [1.29, 1.82) is 0 Å². The monoisotopic (exact) mass is 493 g/mol. The predicted molar refractivity (Wildman–Crippen MR) is 132 cm³/mol. The van der Waals surface area contributed by atoms with Crippen LogP contribution in [-0.2, 0) is 14.3 Å². The van der Waals surface area contributed by atoms with Gasteiger partial charge in [-0.1, -0.05) is 48.9 Å². The maximum absolute atomic E-state index is 13.7. The predicted octanol–water partition coefficient (Wildman–Crippen LogP) is 5.77. The summed E-state index contributed by atoms with van der Waals surface area (Å²) in [6.45, 7) is 5.76. The van der Waals surface area contributed by atoms with Gasteiger partial charge in [-0.3, -0.25) is 4.79 Å². The summed E-state index contributed by atoms with van der Waals surface area (Å²) in [7, 11) is 0. The van der Waals surface area contributed by atoms with Crippen LogP contribution in [0, 0.1) is 0 Å². The average molecular weight is 494 g/mol. The van der Waals surface area contributed by atoms with Gasteiger partial charge in [-0.25, -0.2) is 4.79 Å². The van der Waals surface area contributed by atoms with E-state index in [0.717, 1.165) is 11.3 Å². The van der Waals surface area contributed by atoms with Gasteiger partial charge in [-0.15, -0.1) is 0 Å². The van der Waals surface area contributed by atoms with E-state index in [1.807, 2.05) is 39.0 Å². The van der Waals surface area contributed by atoms with Crippen LogP contribution in [0.25, 0.3) is 0 Å². The number of benzene rings is 2. The summed E-state index contributed by atoms with van der Waals surface area (Å²) in [5.41, 5.74) is 4.21. The topological polar surface area (TPSA) is 73.9 Å². The lowest BCUT2D eigenvalue weighted by Gasteiger charge is -2.37. The van der Waals surface area contributed by atoms with Crippen LogP contribution in [-0.4, -0.2) is 24.6 Å². The highest BCUT2D eigenvalue weighted by atomic mass is 35.5. The van der Waals surface area contributed by atoms with Gasteiger partial charge in [0, 0.05) is 40.4 Å². The van der Waals surface area contributed by atoms with Gasteiger partial charge in [0.1, 0.15) is 0 Å². The number of ketones is 1. The van der Waals surface area contributed by atoms with E-state index < -0.39 is 11.9 Å². The molecule has 0 spiro atoms. The molecule has 2 aliphatic heterocycles. The first-order valence-electron chi connectivity index (χ1n) is 12.0. The zero-order chi connectivity index (χ0) is 24.7. The number of hydrogen-bond donors (Lipinski definition) is 1. The molecule has 7 heteroatoms. The molecule has 2 heterocycles. The highest BCUT2D eigenvalue weighted by Crippen LogP contribution is 2.49. The Bertz CT molecular complexity index is 1250. The van der Waals surface area contributed by atoms with Gasteiger partial charge in [0.05, 0.1) is 11.7 Å². The number of ether oxygens (including phenoxy) is 3. The van der Waals surface area contributed by atoms with Crippen LogP contribution < -0.4 is 14.8 Å². The van der Waals surface area contributed by atoms with Crippen molar-refractivity contribution in [3.63, 3.8) is 0 Å². The van der Waals surface area contributed by atoms with E-state index in [1.54, 1.807) is 12.1 Å². The number of carbonyl (C=O) groups is 2. The number of esters is 1. The van der Waals surface area contributed by atoms with Crippen molar-refractivity contribution < 1.29 is 23.8 Å². The molecule has 5 rings (SSSR count). The molecule has 0 saturated carbocycles. The second-order valence-corrected chi connectivity index (χ2v) is 9.69. The van der Waals surface area contributed by atoms with Crippen molar-refractivity contribution >= 4 is 23.4 Å². The average Bonchev–Trinajstić information content (AvgIpc) is 3.30. The molecule has 2 aromatic rings. The molecule has 1 aliphatic carbocycles. The summed E-state index contributed by atoms with van der Waals surface area (Å²) in [5.74, 6) is 0.0341. The summed E-state index contributed by atoms with van der Waals surface area (Å²) >= 11 is 6.73. The minimum atomic E-state index is -0.658. The number of rotatable bonds is 5. The molecule has 182 valence electrons. The molecule has 0 bridgehead atoms. The van der Waals surface area contributed by atoms with Gasteiger partial charge < -0.3 is 19.5 Å². The largest absolute Gasteiger partial charge is 0.459 e. The molecular weight excluding hydrogens is 466 g/mol. The first-order valence-corrected chi connectivity index (χ1v) is 12.3. The van der Waals surface area contributed by atoms with E-state index in [0.29, 0.717) is 58.2 Å². The quantitative estimate of drug-likeness (QED) is 0.533. The summed E-state index contributed by atoms with van der Waals surface area (Å²) in [4.78, 5) is 27.1. The Labute approximate surface area is 209 Å². The summed E-state index contributed by atoms with van der Waals surface area (Å²) in [6, 6.07) is 13.5. The van der Waals surface area contributed by atoms with E-state index in [2.05, 4.69) is 17.4 Å². The lowest BCUT2D eigenvalue weighted by Crippen LogP contribution is -2.36. The molecule has 0 aromatic heterocycles. The molecule has 0 unspecified atom stereocenters. The van der Waals surface area contributed by atoms with Crippen molar-refractivity contribution in [3.05, 3.63) is 81.2 Å². The fourth-order valence-corrected chi connectivity index (χ4v) is 5.33. The van der Waals surface area contributed by atoms with Crippen LogP contribution in [0.4, 0.5) is 0 Å². The van der Waals surface area contributed by atoms with Crippen LogP contribution >= 0.6 is 11.6 Å². The number of allylic oxidation sites excluding steroid dienone is 3. The minimum absolute atomic E-state index is 0.00678. The highest BCUT2D eigenvalue weighted by molar-refractivity contribution is 6.32. The number of halogens is 1. The normalized spacial score (nSPS) is 22.0. The molecule has 0 fully saturated rings. The molecule has 1 N–H and O–H groups in total. The van der Waals surface area contributed by atoms with Gasteiger partial charge in [-0.2, -0.15) is 0 Å². The second kappa shape index (κ2) is 9.42. The Balaban J connectivity index is 1.62. The van der Waals surface area contributed by atoms with Crippen molar-refractivity contribution in [2.75, 3.05) is 6.79 Å². The second-order valence-electron chi connectivity index (χ2n) is 9.28. The lowest BCUT2D eigenvalue weighted by atomic mass is 9.71. The fraction of sp³-hybridized carbons (Fsp3) is 0.357. The van der Waals surface area contributed by atoms with E-state index in [4.69, 9.17) is 25.8 Å². The van der Waals surface area contributed by atoms with Crippen LogP contribution in [0.3, 0.4) is 0 Å². The van der Waals surface area contributed by atoms with E-state index in [9.17, 15) is 9.59 Å². The third kappa shape index (κ3) is 4.31. The van der Waals surface area contributed by atoms with Crippen molar-refractivity contribution in [1.82, 2.24) is 5.32 Å². The number of dihydropyridines is 1.